The summed E-state index contributed by atoms with van der Waals surface area (Å²) in [6, 6.07) is 18.5. The van der Waals surface area contributed by atoms with Gasteiger partial charge in [0, 0.05) is 11.4 Å². The molecule has 0 fully saturated rings. The molecule has 140 valence electrons. The highest BCUT2D eigenvalue weighted by molar-refractivity contribution is 7.23. The van der Waals surface area contributed by atoms with Crippen LogP contribution in [0.1, 0.15) is 16.2 Å². The summed E-state index contributed by atoms with van der Waals surface area (Å²) in [7, 11) is 0. The Labute approximate surface area is 164 Å². The number of carbonyl (C=O) groups is 1. The summed E-state index contributed by atoms with van der Waals surface area (Å²) in [6.45, 7) is 1.63. The summed E-state index contributed by atoms with van der Waals surface area (Å²) < 4.78 is 1.31. The van der Waals surface area contributed by atoms with Crippen LogP contribution >= 0.6 is 11.3 Å². The third kappa shape index (κ3) is 3.21. The summed E-state index contributed by atoms with van der Waals surface area (Å²) in [4.78, 5) is 30.1. The van der Waals surface area contributed by atoms with Gasteiger partial charge < -0.3 is 16.5 Å². The topological polar surface area (TPSA) is 102 Å². The second-order valence-electron chi connectivity index (χ2n) is 6.13. The molecule has 0 aliphatic carbocycles. The van der Waals surface area contributed by atoms with Crippen LogP contribution < -0.4 is 22.0 Å². The summed E-state index contributed by atoms with van der Waals surface area (Å²) in [5, 5.41) is 6.62. The molecule has 0 radical (unpaired) electrons. The van der Waals surface area contributed by atoms with Gasteiger partial charge in [-0.1, -0.05) is 36.4 Å². The quantitative estimate of drug-likeness (QED) is 0.462. The second kappa shape index (κ2) is 7.16. The number of para-hydroxylation sites is 2. The molecule has 0 atom stereocenters. The van der Waals surface area contributed by atoms with Crippen molar-refractivity contribution >= 4 is 43.8 Å². The van der Waals surface area contributed by atoms with Crippen LogP contribution in [-0.2, 0) is 0 Å². The molecule has 8 heteroatoms. The van der Waals surface area contributed by atoms with Gasteiger partial charge in [0.15, 0.2) is 0 Å². The molecule has 0 unspecified atom stereocenters. The van der Waals surface area contributed by atoms with Crippen LogP contribution in [0.25, 0.3) is 10.2 Å². The Bertz CT molecular complexity index is 1220. The third-order valence-corrected chi connectivity index (χ3v) is 5.29. The maximum absolute atomic E-state index is 13.1. The molecule has 28 heavy (non-hydrogen) atoms. The molecule has 7 nitrogen and oxygen atoms in total. The number of nitrogens with zero attached hydrogens (tertiary/aromatic N) is 2. The van der Waals surface area contributed by atoms with Crippen LogP contribution in [0.2, 0.25) is 0 Å². The van der Waals surface area contributed by atoms with Gasteiger partial charge in [-0.25, -0.2) is 9.66 Å². The SMILES string of the molecule is Cc1nc2c(C(=O)Nc3ccccc3)c(Nc3ccccc3)sc2c(=O)n1N. The Hall–Kier alpha value is -3.65. The van der Waals surface area contributed by atoms with E-state index in [0.717, 1.165) is 21.7 Å². The van der Waals surface area contributed by atoms with E-state index in [1.807, 2.05) is 48.5 Å². The van der Waals surface area contributed by atoms with E-state index < -0.39 is 0 Å². The number of fused-ring (bicyclic) bond motifs is 1. The first-order valence-corrected chi connectivity index (χ1v) is 9.36. The van der Waals surface area contributed by atoms with E-state index in [2.05, 4.69) is 15.6 Å². The zero-order valence-corrected chi connectivity index (χ0v) is 15.8. The fourth-order valence-electron chi connectivity index (χ4n) is 2.81. The zero-order chi connectivity index (χ0) is 19.7. The minimum Gasteiger partial charge on any atom is -0.346 e. The fourth-order valence-corrected chi connectivity index (χ4v) is 3.91. The lowest BCUT2D eigenvalue weighted by atomic mass is 10.2. The molecule has 0 bridgehead atoms. The molecule has 2 aromatic carbocycles. The molecular formula is C20H17N5O2S. The van der Waals surface area contributed by atoms with E-state index in [4.69, 9.17) is 5.84 Å². The molecule has 4 rings (SSSR count). The average molecular weight is 391 g/mol. The molecule has 0 aliphatic rings. The highest BCUT2D eigenvalue weighted by Gasteiger charge is 2.24. The Morgan fingerprint density at radius 3 is 2.29 bits per heavy atom. The smallest absolute Gasteiger partial charge is 0.289 e. The number of amides is 1. The minimum absolute atomic E-state index is 0.313. The van der Waals surface area contributed by atoms with Gasteiger partial charge in [0.1, 0.15) is 26.6 Å². The lowest BCUT2D eigenvalue weighted by Gasteiger charge is -2.09. The first-order chi connectivity index (χ1) is 13.5. The van der Waals surface area contributed by atoms with E-state index in [1.165, 1.54) is 0 Å². The molecule has 1 amide bonds. The van der Waals surface area contributed by atoms with Crippen molar-refractivity contribution in [2.45, 2.75) is 6.92 Å². The summed E-state index contributed by atoms with van der Waals surface area (Å²) >= 11 is 1.16. The van der Waals surface area contributed by atoms with Crippen LogP contribution in [-0.4, -0.2) is 15.6 Å². The highest BCUT2D eigenvalue weighted by atomic mass is 32.1. The largest absolute Gasteiger partial charge is 0.346 e. The first kappa shape index (κ1) is 17.7. The fraction of sp³-hybridized carbons (Fsp3) is 0.0500. The van der Waals surface area contributed by atoms with Gasteiger partial charge in [0.25, 0.3) is 11.5 Å². The molecular weight excluding hydrogens is 374 g/mol. The predicted octanol–water partition coefficient (Wildman–Crippen LogP) is 3.48. The number of carbonyl (C=O) groups excluding carboxylic acids is 1. The number of nitrogen functional groups attached to an aromatic ring is 1. The number of benzene rings is 2. The minimum atomic E-state index is -0.387. The van der Waals surface area contributed by atoms with Crippen molar-refractivity contribution in [3.8, 4) is 0 Å². The summed E-state index contributed by atoms with van der Waals surface area (Å²) in [6.07, 6.45) is 0. The van der Waals surface area contributed by atoms with Crippen molar-refractivity contribution in [1.29, 1.82) is 0 Å². The lowest BCUT2D eigenvalue weighted by molar-refractivity contribution is 0.102. The van der Waals surface area contributed by atoms with Crippen molar-refractivity contribution in [1.82, 2.24) is 9.66 Å². The van der Waals surface area contributed by atoms with E-state index >= 15 is 0 Å². The van der Waals surface area contributed by atoms with Crippen molar-refractivity contribution in [2.24, 2.45) is 0 Å². The van der Waals surface area contributed by atoms with Crippen LogP contribution in [0.15, 0.2) is 65.5 Å². The lowest BCUT2D eigenvalue weighted by Crippen LogP contribution is -2.30. The monoisotopic (exact) mass is 391 g/mol. The Morgan fingerprint density at radius 2 is 1.64 bits per heavy atom. The summed E-state index contributed by atoms with van der Waals surface area (Å²) in [5.74, 6) is 5.77. The van der Waals surface area contributed by atoms with Gasteiger partial charge in [0.05, 0.1) is 0 Å². The zero-order valence-electron chi connectivity index (χ0n) is 15.0. The van der Waals surface area contributed by atoms with Crippen molar-refractivity contribution in [3.05, 3.63) is 82.4 Å². The number of aromatic nitrogens is 2. The van der Waals surface area contributed by atoms with E-state index in [9.17, 15) is 9.59 Å². The van der Waals surface area contributed by atoms with E-state index in [-0.39, 0.29) is 11.5 Å². The van der Waals surface area contributed by atoms with Crippen molar-refractivity contribution < 1.29 is 4.79 Å². The maximum Gasteiger partial charge on any atom is 0.289 e. The third-order valence-electron chi connectivity index (χ3n) is 4.21. The number of hydrogen-bond acceptors (Lipinski definition) is 6. The van der Waals surface area contributed by atoms with Gasteiger partial charge in [-0.05, 0) is 31.2 Å². The Morgan fingerprint density at radius 1 is 1.04 bits per heavy atom. The van der Waals surface area contributed by atoms with Crippen LogP contribution in [0, 0.1) is 6.92 Å². The molecule has 0 saturated carbocycles. The Kier molecular flexibility index (Phi) is 4.54. The molecule has 2 heterocycles. The molecule has 4 N–H and O–H groups in total. The van der Waals surface area contributed by atoms with Gasteiger partial charge in [-0.15, -0.1) is 11.3 Å². The first-order valence-electron chi connectivity index (χ1n) is 8.54. The normalized spacial score (nSPS) is 10.8. The van der Waals surface area contributed by atoms with Crippen LogP contribution in [0.3, 0.4) is 0 Å². The van der Waals surface area contributed by atoms with Gasteiger partial charge in [0.2, 0.25) is 0 Å². The molecule has 0 aliphatic heterocycles. The maximum atomic E-state index is 13.1. The molecule has 0 spiro atoms. The molecule has 0 saturated heterocycles. The number of anilines is 3. The van der Waals surface area contributed by atoms with Crippen molar-refractivity contribution in [2.75, 3.05) is 16.5 Å². The van der Waals surface area contributed by atoms with Gasteiger partial charge in [-0.3, -0.25) is 9.59 Å². The highest BCUT2D eigenvalue weighted by Crippen LogP contribution is 2.35. The van der Waals surface area contributed by atoms with Crippen molar-refractivity contribution in [3.63, 3.8) is 0 Å². The Balaban J connectivity index is 1.87. The number of nitrogens with two attached hydrogens (primary N) is 1. The number of rotatable bonds is 4. The van der Waals surface area contributed by atoms with Crippen LogP contribution in [0.5, 0.6) is 0 Å². The number of hydrogen-bond donors (Lipinski definition) is 3. The average Bonchev–Trinajstić information content (AvgIpc) is 3.05. The number of thiophene rings is 1. The molecule has 4 aromatic rings. The van der Waals surface area contributed by atoms with Gasteiger partial charge >= 0.3 is 0 Å². The van der Waals surface area contributed by atoms with E-state index in [0.29, 0.717) is 32.3 Å². The standard InChI is InChI=1S/C20H17N5O2S/c1-12-22-16-15(18(26)23-13-8-4-2-5-9-13)19(24-14-10-6-3-7-11-14)28-17(16)20(27)25(12)21/h2-11,24H,21H2,1H3,(H,23,26). The predicted molar refractivity (Wildman–Crippen MR) is 113 cm³/mol. The molecule has 2 aromatic heterocycles. The van der Waals surface area contributed by atoms with E-state index in [1.54, 1.807) is 19.1 Å². The van der Waals surface area contributed by atoms with Crippen LogP contribution in [0.4, 0.5) is 16.4 Å². The van der Waals surface area contributed by atoms with Gasteiger partial charge in [-0.2, -0.15) is 0 Å². The second-order valence-corrected chi connectivity index (χ2v) is 7.15. The number of nitrogens with one attached hydrogen (secondary N) is 2. The summed E-state index contributed by atoms with van der Waals surface area (Å²) in [5.41, 5.74) is 1.71. The number of aryl methyl sites for hydroxylation is 1.